The number of thioether (sulfide) groups is 1. The van der Waals surface area contributed by atoms with Crippen LogP contribution in [0.1, 0.15) is 40.0 Å². The van der Waals surface area contributed by atoms with E-state index in [1.807, 2.05) is 24.8 Å². The van der Waals surface area contributed by atoms with E-state index >= 15 is 0 Å². The zero-order chi connectivity index (χ0) is 21.5. The molecule has 0 aliphatic carbocycles. The van der Waals surface area contributed by atoms with Crippen molar-refractivity contribution in [2.24, 2.45) is 4.99 Å². The zero-order valence-electron chi connectivity index (χ0n) is 17.6. The lowest BCUT2D eigenvalue weighted by Crippen LogP contribution is -2.38. The van der Waals surface area contributed by atoms with Crippen molar-refractivity contribution in [1.82, 2.24) is 10.2 Å². The molecule has 0 saturated carbocycles. The minimum absolute atomic E-state index is 0.00482. The molecule has 0 unspecified atom stereocenters. The summed E-state index contributed by atoms with van der Waals surface area (Å²) in [5.74, 6) is 0.838. The second-order valence-electron chi connectivity index (χ2n) is 6.66. The maximum absolute atomic E-state index is 11.6. The Balaban J connectivity index is 0.000000749. The second-order valence-corrected chi connectivity index (χ2v) is 7.83. The van der Waals surface area contributed by atoms with Crippen LogP contribution in [-0.4, -0.2) is 59.0 Å². The topological polar surface area (TPSA) is 82.0 Å². The number of allylic oxidation sites excluding steroid dienone is 1. The summed E-state index contributed by atoms with van der Waals surface area (Å²) in [6.07, 6.45) is 5.89. The summed E-state index contributed by atoms with van der Waals surface area (Å²) in [6.45, 7) is 8.29. The molecule has 2 N–H and O–H groups in total. The van der Waals surface area contributed by atoms with E-state index in [1.54, 1.807) is 20.0 Å². The van der Waals surface area contributed by atoms with Gasteiger partial charge in [0.15, 0.2) is 11.6 Å². The van der Waals surface area contributed by atoms with Crippen LogP contribution >= 0.6 is 11.8 Å². The van der Waals surface area contributed by atoms with E-state index < -0.39 is 5.97 Å². The SMILES string of the molecule is C/C=C\NC(=NC1CCN(CCSc2ccccc2)CC1)C(C)=O.CCC(=O)O. The second kappa shape index (κ2) is 14.8. The first-order valence-electron chi connectivity index (χ1n) is 10.0. The van der Waals surface area contributed by atoms with Crippen molar-refractivity contribution in [3.8, 4) is 0 Å². The van der Waals surface area contributed by atoms with Crippen LogP contribution in [0.4, 0.5) is 0 Å². The largest absolute Gasteiger partial charge is 0.481 e. The number of benzene rings is 1. The van der Waals surface area contributed by atoms with Crippen molar-refractivity contribution in [3.63, 3.8) is 0 Å². The van der Waals surface area contributed by atoms with E-state index in [9.17, 15) is 9.59 Å². The molecule has 6 nitrogen and oxygen atoms in total. The number of hydrogen-bond acceptors (Lipinski definition) is 5. The van der Waals surface area contributed by atoms with Gasteiger partial charge in [0.25, 0.3) is 0 Å². The standard InChI is InChI=1S/C19H27N3OS.C3H6O2/c1-3-11-20-19(16(2)23)21-17-9-12-22(13-10-17)14-15-24-18-7-5-4-6-8-18;1-2-3(4)5/h3-8,11,17H,9-10,12-15H2,1-2H3,(H,20,21);2H2,1H3,(H,4,5)/b11-3-;. The third-order valence-corrected chi connectivity index (χ3v) is 5.30. The Morgan fingerprint density at radius 1 is 1.28 bits per heavy atom. The predicted octanol–water partition coefficient (Wildman–Crippen LogP) is 3.83. The average molecular weight is 420 g/mol. The molecule has 1 aliphatic heterocycles. The lowest BCUT2D eigenvalue weighted by molar-refractivity contribution is -0.136. The Hall–Kier alpha value is -2.12. The summed E-state index contributed by atoms with van der Waals surface area (Å²) in [5, 5.41) is 10.7. The number of carbonyl (C=O) groups is 2. The van der Waals surface area contributed by atoms with E-state index in [1.165, 1.54) is 4.90 Å². The number of carboxylic acids is 1. The molecule has 0 radical (unpaired) electrons. The Morgan fingerprint density at radius 3 is 2.41 bits per heavy atom. The summed E-state index contributed by atoms with van der Waals surface area (Å²) in [5.41, 5.74) is 0. The molecule has 1 fully saturated rings. The summed E-state index contributed by atoms with van der Waals surface area (Å²) in [7, 11) is 0. The lowest BCUT2D eigenvalue weighted by Gasteiger charge is -2.30. The van der Waals surface area contributed by atoms with Crippen molar-refractivity contribution in [2.75, 3.05) is 25.4 Å². The molecule has 1 heterocycles. The van der Waals surface area contributed by atoms with Crippen molar-refractivity contribution in [1.29, 1.82) is 0 Å². The van der Waals surface area contributed by atoms with Crippen molar-refractivity contribution in [2.45, 2.75) is 51.0 Å². The van der Waals surface area contributed by atoms with E-state index in [2.05, 4.69) is 45.5 Å². The number of rotatable bonds is 8. The number of likely N-dealkylation sites (tertiary alicyclic amines) is 1. The normalized spacial score (nSPS) is 15.6. The number of carboxylic acid groups (broad SMARTS) is 1. The van der Waals surface area contributed by atoms with Gasteiger partial charge in [-0.3, -0.25) is 14.6 Å². The molecule has 1 aromatic rings. The van der Waals surface area contributed by atoms with Gasteiger partial charge in [0.2, 0.25) is 0 Å². The van der Waals surface area contributed by atoms with E-state index in [-0.39, 0.29) is 18.2 Å². The molecule has 2 rings (SSSR count). The van der Waals surface area contributed by atoms with Gasteiger partial charge in [-0.1, -0.05) is 31.2 Å². The van der Waals surface area contributed by atoms with Gasteiger partial charge in [-0.05, 0) is 38.1 Å². The van der Waals surface area contributed by atoms with E-state index in [0.717, 1.165) is 38.2 Å². The Labute approximate surface area is 178 Å². The first-order chi connectivity index (χ1) is 14.0. The monoisotopic (exact) mass is 419 g/mol. The van der Waals surface area contributed by atoms with Crippen LogP contribution < -0.4 is 5.32 Å². The van der Waals surface area contributed by atoms with Gasteiger partial charge in [0, 0.05) is 43.6 Å². The number of hydrogen-bond donors (Lipinski definition) is 2. The number of nitrogens with one attached hydrogen (secondary N) is 1. The molecule has 7 heteroatoms. The first-order valence-corrected chi connectivity index (χ1v) is 11.0. The smallest absolute Gasteiger partial charge is 0.303 e. The zero-order valence-corrected chi connectivity index (χ0v) is 18.5. The fraction of sp³-hybridized carbons (Fsp3) is 0.500. The number of piperidine rings is 1. The highest BCUT2D eigenvalue weighted by molar-refractivity contribution is 7.99. The molecule has 29 heavy (non-hydrogen) atoms. The maximum atomic E-state index is 11.6. The third-order valence-electron chi connectivity index (χ3n) is 4.31. The third kappa shape index (κ3) is 11.5. The van der Waals surface area contributed by atoms with Gasteiger partial charge in [-0.25, -0.2) is 0 Å². The van der Waals surface area contributed by atoms with Gasteiger partial charge in [-0.2, -0.15) is 0 Å². The minimum Gasteiger partial charge on any atom is -0.481 e. The number of carbonyl (C=O) groups excluding carboxylic acids is 1. The molecule has 0 aromatic heterocycles. The average Bonchev–Trinajstić information content (AvgIpc) is 2.73. The van der Waals surface area contributed by atoms with Gasteiger partial charge in [0.05, 0.1) is 6.04 Å². The molecule has 1 aliphatic rings. The van der Waals surface area contributed by atoms with Crippen LogP contribution in [0.5, 0.6) is 0 Å². The fourth-order valence-electron chi connectivity index (χ4n) is 2.66. The molecule has 1 aromatic carbocycles. The molecule has 0 spiro atoms. The van der Waals surface area contributed by atoms with Crippen molar-refractivity contribution >= 4 is 29.4 Å². The molecular weight excluding hydrogens is 386 g/mol. The number of ketones is 1. The molecule has 0 atom stereocenters. The summed E-state index contributed by atoms with van der Waals surface area (Å²) in [6, 6.07) is 10.8. The molecule has 0 bridgehead atoms. The number of aliphatic imine (C=N–C) groups is 1. The number of Topliss-reactive ketones (excluding diaryl/α,β-unsaturated/α-hetero) is 1. The van der Waals surface area contributed by atoms with Crippen LogP contribution in [0, 0.1) is 0 Å². The molecule has 1 saturated heterocycles. The van der Waals surface area contributed by atoms with Crippen molar-refractivity contribution in [3.05, 3.63) is 42.6 Å². The highest BCUT2D eigenvalue weighted by Gasteiger charge is 2.19. The Morgan fingerprint density at radius 2 is 1.90 bits per heavy atom. The Kier molecular flexibility index (Phi) is 12.7. The first kappa shape index (κ1) is 24.9. The van der Waals surface area contributed by atoms with Gasteiger partial charge in [0.1, 0.15) is 0 Å². The summed E-state index contributed by atoms with van der Waals surface area (Å²) in [4.78, 5) is 29.4. The quantitative estimate of drug-likeness (QED) is 0.379. The fourth-order valence-corrected chi connectivity index (χ4v) is 3.59. The number of nitrogens with zero attached hydrogens (tertiary/aromatic N) is 2. The Bertz CT molecular complexity index is 669. The van der Waals surface area contributed by atoms with Gasteiger partial charge < -0.3 is 15.3 Å². The number of aliphatic carboxylic acids is 1. The lowest BCUT2D eigenvalue weighted by atomic mass is 10.1. The van der Waals surface area contributed by atoms with Crippen molar-refractivity contribution < 1.29 is 14.7 Å². The van der Waals surface area contributed by atoms with Gasteiger partial charge >= 0.3 is 5.97 Å². The summed E-state index contributed by atoms with van der Waals surface area (Å²) < 4.78 is 0. The highest BCUT2D eigenvalue weighted by Crippen LogP contribution is 2.19. The van der Waals surface area contributed by atoms with Crippen LogP contribution in [-0.2, 0) is 9.59 Å². The predicted molar refractivity (Wildman–Crippen MR) is 121 cm³/mol. The summed E-state index contributed by atoms with van der Waals surface area (Å²) >= 11 is 1.91. The highest BCUT2D eigenvalue weighted by atomic mass is 32.2. The van der Waals surface area contributed by atoms with E-state index in [4.69, 9.17) is 5.11 Å². The van der Waals surface area contributed by atoms with Gasteiger partial charge in [-0.15, -0.1) is 11.8 Å². The van der Waals surface area contributed by atoms with Crippen LogP contribution in [0.3, 0.4) is 0 Å². The van der Waals surface area contributed by atoms with Crippen LogP contribution in [0.15, 0.2) is 52.5 Å². The van der Waals surface area contributed by atoms with Crippen LogP contribution in [0.25, 0.3) is 0 Å². The molecule has 0 amide bonds. The van der Waals surface area contributed by atoms with E-state index in [0.29, 0.717) is 5.84 Å². The minimum atomic E-state index is -0.745. The molecule has 160 valence electrons. The maximum Gasteiger partial charge on any atom is 0.303 e. The number of amidine groups is 1. The molecular formula is C22H33N3O3S. The van der Waals surface area contributed by atoms with Crippen LogP contribution in [0.2, 0.25) is 0 Å².